The number of hydrogen-bond acceptors (Lipinski definition) is 2. The second kappa shape index (κ2) is 5.14. The van der Waals surface area contributed by atoms with Gasteiger partial charge in [-0.05, 0) is 18.9 Å². The van der Waals surface area contributed by atoms with E-state index < -0.39 is 12.0 Å². The summed E-state index contributed by atoms with van der Waals surface area (Å²) in [4.78, 5) is 11.6. The van der Waals surface area contributed by atoms with Crippen molar-refractivity contribution in [2.75, 3.05) is 0 Å². The van der Waals surface area contributed by atoms with Gasteiger partial charge in [0.2, 0.25) is 0 Å². The maximum absolute atomic E-state index is 13.7. The molecule has 0 bridgehead atoms. The van der Waals surface area contributed by atoms with E-state index in [2.05, 4.69) is 5.32 Å². The lowest BCUT2D eigenvalue weighted by molar-refractivity contribution is -0.138. The first-order valence-corrected chi connectivity index (χ1v) is 6.22. The minimum atomic E-state index is -2.93. The molecule has 2 rings (SSSR count). The highest BCUT2D eigenvalue weighted by atomic mass is 19.3. The third-order valence-electron chi connectivity index (χ3n) is 3.39. The van der Waals surface area contributed by atoms with Gasteiger partial charge in [0.1, 0.15) is 6.04 Å². The van der Waals surface area contributed by atoms with Crippen LogP contribution in [0.1, 0.15) is 37.8 Å². The van der Waals surface area contributed by atoms with Gasteiger partial charge < -0.3 is 0 Å². The SMILES string of the molecule is C[C@@H](NC1C(=O)CCCC1(F)F)c1ccccc1. The van der Waals surface area contributed by atoms with Crippen molar-refractivity contribution in [3.05, 3.63) is 35.9 Å². The summed E-state index contributed by atoms with van der Waals surface area (Å²) < 4.78 is 27.4. The molecule has 1 fully saturated rings. The predicted molar refractivity (Wildman–Crippen MR) is 65.6 cm³/mol. The first-order valence-electron chi connectivity index (χ1n) is 6.22. The average molecular weight is 253 g/mol. The van der Waals surface area contributed by atoms with Crippen LogP contribution in [0.5, 0.6) is 0 Å². The maximum Gasteiger partial charge on any atom is 0.270 e. The minimum Gasteiger partial charge on any atom is -0.298 e. The molecule has 0 aromatic heterocycles. The molecular weight excluding hydrogens is 236 g/mol. The molecule has 2 atom stereocenters. The van der Waals surface area contributed by atoms with Crippen molar-refractivity contribution in [3.63, 3.8) is 0 Å². The fourth-order valence-corrected chi connectivity index (χ4v) is 2.33. The molecule has 0 spiro atoms. The zero-order valence-corrected chi connectivity index (χ0v) is 10.3. The Bertz CT molecular complexity index is 419. The number of ketones is 1. The second-order valence-corrected chi connectivity index (χ2v) is 4.81. The van der Waals surface area contributed by atoms with E-state index >= 15 is 0 Å². The predicted octanol–water partition coefficient (Wildman–Crippen LogP) is 3.09. The topological polar surface area (TPSA) is 29.1 Å². The lowest BCUT2D eigenvalue weighted by Gasteiger charge is -2.33. The molecule has 0 saturated heterocycles. The van der Waals surface area contributed by atoms with Crippen molar-refractivity contribution in [1.29, 1.82) is 0 Å². The van der Waals surface area contributed by atoms with Crippen molar-refractivity contribution in [1.82, 2.24) is 5.32 Å². The van der Waals surface area contributed by atoms with Crippen LogP contribution in [0.15, 0.2) is 30.3 Å². The van der Waals surface area contributed by atoms with E-state index in [9.17, 15) is 13.6 Å². The molecule has 0 amide bonds. The zero-order valence-electron chi connectivity index (χ0n) is 10.3. The molecule has 2 nitrogen and oxygen atoms in total. The molecule has 1 unspecified atom stereocenters. The normalized spacial score (nSPS) is 24.8. The molecule has 1 aromatic rings. The van der Waals surface area contributed by atoms with Crippen molar-refractivity contribution in [2.45, 2.75) is 44.2 Å². The van der Waals surface area contributed by atoms with Gasteiger partial charge in [-0.15, -0.1) is 0 Å². The molecule has 1 aromatic carbocycles. The summed E-state index contributed by atoms with van der Waals surface area (Å²) in [7, 11) is 0. The van der Waals surface area contributed by atoms with Crippen LogP contribution in [0.25, 0.3) is 0 Å². The molecule has 1 saturated carbocycles. The summed E-state index contributed by atoms with van der Waals surface area (Å²) in [6, 6.07) is 7.71. The highest BCUT2D eigenvalue weighted by molar-refractivity contribution is 5.86. The Hall–Kier alpha value is -1.29. The van der Waals surface area contributed by atoms with Crippen LogP contribution in [0, 0.1) is 0 Å². The van der Waals surface area contributed by atoms with Crippen molar-refractivity contribution in [2.24, 2.45) is 0 Å². The first-order chi connectivity index (χ1) is 8.50. The third kappa shape index (κ3) is 2.75. The van der Waals surface area contributed by atoms with Gasteiger partial charge in [0, 0.05) is 18.9 Å². The standard InChI is InChI=1S/C14H17F2NO/c1-10(11-6-3-2-4-7-11)17-13-12(18)8-5-9-14(13,15)16/h2-4,6-7,10,13,17H,5,8-9H2,1H3/t10-,13?/m1/s1. The van der Waals surface area contributed by atoms with Crippen LogP contribution in [0.4, 0.5) is 8.78 Å². The monoisotopic (exact) mass is 253 g/mol. The van der Waals surface area contributed by atoms with Crippen molar-refractivity contribution >= 4 is 5.78 Å². The van der Waals surface area contributed by atoms with Crippen molar-refractivity contribution in [3.8, 4) is 0 Å². The average Bonchev–Trinajstić information content (AvgIpc) is 2.34. The van der Waals surface area contributed by atoms with Crippen LogP contribution in [0.2, 0.25) is 0 Å². The molecule has 4 heteroatoms. The van der Waals surface area contributed by atoms with Crippen LogP contribution in [-0.4, -0.2) is 17.7 Å². The quantitative estimate of drug-likeness (QED) is 0.896. The number of benzene rings is 1. The van der Waals surface area contributed by atoms with E-state index in [1.807, 2.05) is 30.3 Å². The van der Waals surface area contributed by atoms with Crippen LogP contribution < -0.4 is 5.32 Å². The smallest absolute Gasteiger partial charge is 0.270 e. The lowest BCUT2D eigenvalue weighted by Crippen LogP contribution is -2.53. The highest BCUT2D eigenvalue weighted by Crippen LogP contribution is 2.32. The number of carbonyl (C=O) groups excluding carboxylic acids is 1. The first kappa shape index (κ1) is 13.1. The number of carbonyl (C=O) groups is 1. The largest absolute Gasteiger partial charge is 0.298 e. The highest BCUT2D eigenvalue weighted by Gasteiger charge is 2.46. The van der Waals surface area contributed by atoms with E-state index in [0.717, 1.165) is 5.56 Å². The summed E-state index contributed by atoms with van der Waals surface area (Å²) >= 11 is 0. The van der Waals surface area contributed by atoms with E-state index in [-0.39, 0.29) is 31.1 Å². The minimum absolute atomic E-state index is 0.210. The van der Waals surface area contributed by atoms with Crippen LogP contribution in [0.3, 0.4) is 0 Å². The molecule has 0 aliphatic heterocycles. The summed E-state index contributed by atoms with van der Waals surface area (Å²) in [5.41, 5.74) is 0.909. The van der Waals surface area contributed by atoms with Gasteiger partial charge in [-0.2, -0.15) is 0 Å². The Morgan fingerprint density at radius 2 is 2.00 bits per heavy atom. The lowest BCUT2D eigenvalue weighted by atomic mass is 9.89. The Morgan fingerprint density at radius 1 is 1.33 bits per heavy atom. The van der Waals surface area contributed by atoms with E-state index in [1.54, 1.807) is 6.92 Å². The zero-order chi connectivity index (χ0) is 13.2. The maximum atomic E-state index is 13.7. The van der Waals surface area contributed by atoms with Gasteiger partial charge in [-0.3, -0.25) is 10.1 Å². The number of Topliss-reactive ketones (excluding diaryl/α,β-unsaturated/α-hetero) is 1. The summed E-state index contributed by atoms with van der Waals surface area (Å²) in [6.45, 7) is 1.80. The fourth-order valence-electron chi connectivity index (χ4n) is 2.33. The summed E-state index contributed by atoms with van der Waals surface area (Å²) in [5.74, 6) is -3.31. The molecule has 1 aliphatic carbocycles. The Labute approximate surface area is 105 Å². The van der Waals surface area contributed by atoms with E-state index in [0.29, 0.717) is 0 Å². The third-order valence-corrected chi connectivity index (χ3v) is 3.39. The Morgan fingerprint density at radius 3 is 2.61 bits per heavy atom. The van der Waals surface area contributed by atoms with Crippen LogP contribution >= 0.6 is 0 Å². The fraction of sp³-hybridized carbons (Fsp3) is 0.500. The number of halogens is 2. The van der Waals surface area contributed by atoms with Gasteiger partial charge in [0.25, 0.3) is 5.92 Å². The van der Waals surface area contributed by atoms with Gasteiger partial charge in [0.05, 0.1) is 0 Å². The summed E-state index contributed by atoms with van der Waals surface area (Å²) in [5, 5.41) is 2.78. The van der Waals surface area contributed by atoms with Gasteiger partial charge in [-0.25, -0.2) is 8.78 Å². The van der Waals surface area contributed by atoms with Gasteiger partial charge in [0.15, 0.2) is 5.78 Å². The Kier molecular flexibility index (Phi) is 3.76. The molecule has 98 valence electrons. The number of alkyl halides is 2. The number of hydrogen-bond donors (Lipinski definition) is 1. The van der Waals surface area contributed by atoms with Gasteiger partial charge in [-0.1, -0.05) is 30.3 Å². The number of rotatable bonds is 3. The van der Waals surface area contributed by atoms with Gasteiger partial charge >= 0.3 is 0 Å². The van der Waals surface area contributed by atoms with Crippen molar-refractivity contribution < 1.29 is 13.6 Å². The molecule has 0 heterocycles. The number of nitrogens with one attached hydrogen (secondary N) is 1. The molecule has 18 heavy (non-hydrogen) atoms. The second-order valence-electron chi connectivity index (χ2n) is 4.81. The summed E-state index contributed by atoms with van der Waals surface area (Å²) in [6.07, 6.45) is 0.316. The van der Waals surface area contributed by atoms with Crippen LogP contribution in [-0.2, 0) is 4.79 Å². The Balaban J connectivity index is 2.10. The molecular formula is C14H17F2NO. The van der Waals surface area contributed by atoms with E-state index in [1.165, 1.54) is 0 Å². The van der Waals surface area contributed by atoms with E-state index in [4.69, 9.17) is 0 Å². The molecule has 1 aliphatic rings. The molecule has 0 radical (unpaired) electrons. The molecule has 1 N–H and O–H groups in total.